The fourth-order valence-electron chi connectivity index (χ4n) is 8.55. The summed E-state index contributed by atoms with van der Waals surface area (Å²) in [6, 6.07) is 43.7. The van der Waals surface area contributed by atoms with Gasteiger partial charge in [-0.15, -0.1) is 11.3 Å². The summed E-state index contributed by atoms with van der Waals surface area (Å²) in [7, 11) is 0. The van der Waals surface area contributed by atoms with Crippen molar-refractivity contribution in [2.45, 2.75) is 0 Å². The van der Waals surface area contributed by atoms with Crippen molar-refractivity contribution in [2.24, 2.45) is 0 Å². The number of morpholine rings is 2. The lowest BCUT2D eigenvalue weighted by molar-refractivity contribution is 0.120. The van der Waals surface area contributed by atoms with E-state index in [1.54, 1.807) is 23.5 Å². The zero-order valence-electron chi connectivity index (χ0n) is 32.5. The van der Waals surface area contributed by atoms with Crippen molar-refractivity contribution in [1.82, 2.24) is 0 Å². The molecular weight excluding hydrogens is 773 g/mol. The average Bonchev–Trinajstić information content (AvgIpc) is 3.89. The van der Waals surface area contributed by atoms with Crippen molar-refractivity contribution < 1.29 is 22.7 Å². The van der Waals surface area contributed by atoms with Gasteiger partial charge in [0.1, 0.15) is 22.3 Å². The molecule has 2 saturated heterocycles. The zero-order valence-corrected chi connectivity index (χ0v) is 33.3. The average molecular weight is 811 g/mol. The minimum Gasteiger partial charge on any atom is -0.455 e. The largest absolute Gasteiger partial charge is 0.455 e. The Hall–Kier alpha value is -6.72. The fourth-order valence-corrected chi connectivity index (χ4v) is 9.78. The van der Waals surface area contributed by atoms with E-state index in [9.17, 15) is 9.59 Å². The van der Waals surface area contributed by atoms with Crippen molar-refractivity contribution in [2.75, 3.05) is 62.4 Å². The number of ether oxygens (including phenoxy) is 2. The van der Waals surface area contributed by atoms with Gasteiger partial charge in [-0.1, -0.05) is 97.1 Å². The third-order valence-electron chi connectivity index (χ3n) is 11.5. The maximum atomic E-state index is 12.9. The molecular formula is C50H38N2O7S. The fraction of sp³-hybridized carbons (Fsp3) is 0.160. The first-order valence-corrected chi connectivity index (χ1v) is 21.0. The number of fused-ring (bicyclic) bond motifs is 8. The smallest absolute Gasteiger partial charge is 0.200 e. The van der Waals surface area contributed by atoms with E-state index in [-0.39, 0.29) is 10.9 Å². The van der Waals surface area contributed by atoms with Gasteiger partial charge in [-0.2, -0.15) is 0 Å². The molecule has 6 aromatic carbocycles. The van der Waals surface area contributed by atoms with Crippen molar-refractivity contribution in [3.63, 3.8) is 0 Å². The molecule has 60 heavy (non-hydrogen) atoms. The van der Waals surface area contributed by atoms with Crippen LogP contribution in [0.1, 0.15) is 0 Å². The maximum Gasteiger partial charge on any atom is 0.200 e. The molecule has 0 spiro atoms. The number of rotatable bonds is 4. The number of nitrogens with zero attached hydrogens (tertiary/aromatic N) is 2. The van der Waals surface area contributed by atoms with Crippen LogP contribution in [-0.2, 0) is 9.47 Å². The molecule has 10 aromatic rings. The second kappa shape index (κ2) is 15.1. The molecule has 0 bridgehead atoms. The predicted molar refractivity (Wildman–Crippen MR) is 242 cm³/mol. The number of thiophene rings is 1. The molecule has 4 aromatic heterocycles. The van der Waals surface area contributed by atoms with E-state index in [0.29, 0.717) is 73.2 Å². The number of anilines is 2. The quantitative estimate of drug-likeness (QED) is 0.172. The van der Waals surface area contributed by atoms with Crippen molar-refractivity contribution in [1.29, 1.82) is 0 Å². The first kappa shape index (κ1) is 36.4. The molecule has 2 aliphatic heterocycles. The molecule has 0 unspecified atom stereocenters. The number of furan rings is 1. The number of para-hydroxylation sites is 4. The van der Waals surface area contributed by atoms with Crippen LogP contribution in [0.2, 0.25) is 0 Å². The van der Waals surface area contributed by atoms with E-state index in [1.807, 2.05) is 66.7 Å². The minimum absolute atomic E-state index is 0.0110. The lowest BCUT2D eigenvalue weighted by Crippen LogP contribution is -2.36. The molecule has 296 valence electrons. The van der Waals surface area contributed by atoms with Crippen LogP contribution in [0.15, 0.2) is 156 Å². The highest BCUT2D eigenvalue weighted by atomic mass is 32.1. The lowest BCUT2D eigenvalue weighted by Gasteiger charge is -2.27. The monoisotopic (exact) mass is 810 g/mol. The van der Waals surface area contributed by atoms with E-state index >= 15 is 0 Å². The number of hydrogen-bond donors (Lipinski definition) is 0. The summed E-state index contributed by atoms with van der Waals surface area (Å²) in [6.07, 6.45) is 0. The summed E-state index contributed by atoms with van der Waals surface area (Å²) >= 11 is 1.78. The Bertz CT molecular complexity index is 3140. The molecule has 12 rings (SSSR count). The summed E-state index contributed by atoms with van der Waals surface area (Å²) in [5.74, 6) is 1.20. The Kier molecular flexibility index (Phi) is 9.18. The first-order valence-electron chi connectivity index (χ1n) is 20.2. The van der Waals surface area contributed by atoms with Gasteiger partial charge in [0.2, 0.25) is 0 Å². The van der Waals surface area contributed by atoms with Crippen LogP contribution in [-0.4, -0.2) is 52.6 Å². The third-order valence-corrected chi connectivity index (χ3v) is 12.7. The third kappa shape index (κ3) is 6.31. The Morgan fingerprint density at radius 1 is 0.417 bits per heavy atom. The molecule has 0 amide bonds. The molecule has 0 N–H and O–H groups in total. The molecule has 0 atom stereocenters. The summed E-state index contributed by atoms with van der Waals surface area (Å²) in [5.41, 5.74) is 6.64. The zero-order chi connectivity index (χ0) is 40.2. The summed E-state index contributed by atoms with van der Waals surface area (Å²) < 4.78 is 32.3. The molecule has 9 nitrogen and oxygen atoms in total. The van der Waals surface area contributed by atoms with Crippen LogP contribution in [0.5, 0.6) is 0 Å². The van der Waals surface area contributed by atoms with Crippen LogP contribution in [0.3, 0.4) is 0 Å². The topological polar surface area (TPSA) is 98.5 Å². The van der Waals surface area contributed by atoms with Gasteiger partial charge in [0.05, 0.1) is 37.2 Å². The van der Waals surface area contributed by atoms with Gasteiger partial charge in [-0.25, -0.2) is 0 Å². The van der Waals surface area contributed by atoms with E-state index in [2.05, 4.69) is 64.4 Å². The molecule has 2 aliphatic rings. The number of benzene rings is 6. The highest BCUT2D eigenvalue weighted by Gasteiger charge is 2.21. The van der Waals surface area contributed by atoms with Gasteiger partial charge < -0.3 is 32.5 Å². The van der Waals surface area contributed by atoms with Crippen molar-refractivity contribution in [3.8, 4) is 22.3 Å². The van der Waals surface area contributed by atoms with Gasteiger partial charge in [0.25, 0.3) is 0 Å². The highest BCUT2D eigenvalue weighted by Crippen LogP contribution is 2.42. The van der Waals surface area contributed by atoms with E-state index in [0.717, 1.165) is 57.3 Å². The van der Waals surface area contributed by atoms with Gasteiger partial charge in [-0.3, -0.25) is 9.59 Å². The maximum absolute atomic E-state index is 12.9. The molecule has 10 heteroatoms. The molecule has 0 radical (unpaired) electrons. The SMILES string of the molecule is O=c1cc(N2CCOCC2)oc2c(-c3cccc4c3oc3ccccc34)cccc12.O=c1cc(N2CCOCC2)oc2c(-c3cccc4c3sc3ccccc34)cccc12. The summed E-state index contributed by atoms with van der Waals surface area (Å²) in [4.78, 5) is 29.9. The Labute approximate surface area is 347 Å². The molecule has 0 aliphatic carbocycles. The predicted octanol–water partition coefficient (Wildman–Crippen LogP) is 10.9. The van der Waals surface area contributed by atoms with Crippen LogP contribution in [0, 0.1) is 0 Å². The van der Waals surface area contributed by atoms with Gasteiger partial charge in [-0.05, 0) is 24.3 Å². The van der Waals surface area contributed by atoms with Crippen LogP contribution >= 0.6 is 11.3 Å². The van der Waals surface area contributed by atoms with E-state index in [4.69, 9.17) is 22.7 Å². The Morgan fingerprint density at radius 2 is 0.867 bits per heavy atom. The Balaban J connectivity index is 0.000000136. The van der Waals surface area contributed by atoms with Crippen LogP contribution in [0.25, 0.3) is 86.3 Å². The van der Waals surface area contributed by atoms with Crippen molar-refractivity contribution in [3.05, 3.63) is 154 Å². The molecule has 6 heterocycles. The second-order valence-electron chi connectivity index (χ2n) is 15.0. The lowest BCUT2D eigenvalue weighted by atomic mass is 10.00. The van der Waals surface area contributed by atoms with Gasteiger partial charge in [0.15, 0.2) is 22.6 Å². The standard InChI is InChI=1S/C25H19NO4.C25H19NO3S/c27-21-15-23(26-11-13-28-14-12-26)30-25-19(8-4-9-20(21)25)18-7-3-6-17-16-5-1-2-10-22(16)29-24(17)18;27-21-15-23(26-11-13-28-14-12-26)29-24-17(6-3-9-20(21)24)19-8-4-7-18-16-5-1-2-10-22(16)30-25(18)19/h2*1-10,15H,11-14H2. The van der Waals surface area contributed by atoms with Gasteiger partial charge in [0, 0.05) is 91.5 Å². The van der Waals surface area contributed by atoms with Crippen molar-refractivity contribution >= 4 is 87.2 Å². The van der Waals surface area contributed by atoms with Crippen LogP contribution < -0.4 is 20.7 Å². The number of hydrogen-bond acceptors (Lipinski definition) is 10. The highest BCUT2D eigenvalue weighted by molar-refractivity contribution is 7.26. The normalized spacial score (nSPS) is 14.7. The van der Waals surface area contributed by atoms with Gasteiger partial charge >= 0.3 is 0 Å². The summed E-state index contributed by atoms with van der Waals surface area (Å²) in [6.45, 7) is 5.40. The molecule has 2 fully saturated rings. The van der Waals surface area contributed by atoms with Crippen LogP contribution in [0.4, 0.5) is 11.8 Å². The Morgan fingerprint density at radius 3 is 1.47 bits per heavy atom. The second-order valence-corrected chi connectivity index (χ2v) is 16.1. The molecule has 0 saturated carbocycles. The summed E-state index contributed by atoms with van der Waals surface area (Å²) in [5, 5.41) is 5.80. The first-order chi connectivity index (χ1) is 29.6. The minimum atomic E-state index is -0.0450. The van der Waals surface area contributed by atoms with E-state index < -0.39 is 0 Å². The van der Waals surface area contributed by atoms with E-state index in [1.165, 1.54) is 20.2 Å².